The van der Waals surface area contributed by atoms with Gasteiger partial charge in [-0.3, -0.25) is 4.79 Å². The highest BCUT2D eigenvalue weighted by molar-refractivity contribution is 5.84. The van der Waals surface area contributed by atoms with E-state index in [2.05, 4.69) is 0 Å². The zero-order valence-electron chi connectivity index (χ0n) is 19.0. The molecule has 4 aromatic carbocycles. The van der Waals surface area contributed by atoms with Gasteiger partial charge in [0.25, 0.3) is 0 Å². The van der Waals surface area contributed by atoms with Gasteiger partial charge in [0.05, 0.1) is 12.7 Å². The SMILES string of the molecule is COc1cc(C=O)c(OCc2ccccc2)c(OCc2ccccc2)c1OCc1ccccc1. The highest BCUT2D eigenvalue weighted by Gasteiger charge is 2.24. The molecule has 0 unspecified atom stereocenters. The lowest BCUT2D eigenvalue weighted by Gasteiger charge is -2.21. The fraction of sp³-hybridized carbons (Fsp3) is 0.138. The van der Waals surface area contributed by atoms with E-state index in [0.717, 1.165) is 23.0 Å². The number of ether oxygens (including phenoxy) is 4. The Balaban J connectivity index is 1.71. The van der Waals surface area contributed by atoms with Crippen LogP contribution in [0, 0.1) is 0 Å². The molecule has 34 heavy (non-hydrogen) atoms. The van der Waals surface area contributed by atoms with Crippen LogP contribution >= 0.6 is 0 Å². The topological polar surface area (TPSA) is 54.0 Å². The fourth-order valence-corrected chi connectivity index (χ4v) is 3.46. The Bertz CT molecular complexity index is 1190. The van der Waals surface area contributed by atoms with Gasteiger partial charge in [-0.15, -0.1) is 0 Å². The Kier molecular flexibility index (Phi) is 7.80. The molecule has 4 aromatic rings. The van der Waals surface area contributed by atoms with E-state index in [9.17, 15) is 4.79 Å². The fourth-order valence-electron chi connectivity index (χ4n) is 3.46. The Hall–Kier alpha value is -4.25. The predicted octanol–water partition coefficient (Wildman–Crippen LogP) is 6.24. The number of carbonyl (C=O) groups excluding carboxylic acids is 1. The average Bonchev–Trinajstić information content (AvgIpc) is 2.91. The van der Waals surface area contributed by atoms with E-state index in [1.54, 1.807) is 6.07 Å². The summed E-state index contributed by atoms with van der Waals surface area (Å²) in [6.45, 7) is 0.848. The normalized spacial score (nSPS) is 10.4. The van der Waals surface area contributed by atoms with Crippen molar-refractivity contribution >= 4 is 6.29 Å². The van der Waals surface area contributed by atoms with E-state index in [4.69, 9.17) is 18.9 Å². The van der Waals surface area contributed by atoms with Crippen LogP contribution in [0.4, 0.5) is 0 Å². The van der Waals surface area contributed by atoms with E-state index in [0.29, 0.717) is 35.2 Å². The second-order valence-corrected chi connectivity index (χ2v) is 7.60. The first-order valence-electron chi connectivity index (χ1n) is 11.0. The number of hydrogen-bond acceptors (Lipinski definition) is 5. The number of methoxy groups -OCH3 is 1. The molecule has 0 aliphatic heterocycles. The van der Waals surface area contributed by atoms with Crippen LogP contribution < -0.4 is 18.9 Å². The smallest absolute Gasteiger partial charge is 0.208 e. The molecule has 4 rings (SSSR count). The molecular weight excluding hydrogens is 428 g/mol. The molecule has 5 heteroatoms. The summed E-state index contributed by atoms with van der Waals surface area (Å²) in [6.07, 6.45) is 0.735. The zero-order chi connectivity index (χ0) is 23.6. The van der Waals surface area contributed by atoms with Crippen molar-refractivity contribution < 1.29 is 23.7 Å². The molecule has 0 saturated carbocycles. The third-order valence-corrected chi connectivity index (χ3v) is 5.21. The minimum absolute atomic E-state index is 0.272. The molecule has 172 valence electrons. The minimum atomic E-state index is 0.272. The Morgan fingerprint density at radius 2 is 1.00 bits per heavy atom. The van der Waals surface area contributed by atoms with Crippen molar-refractivity contribution in [2.45, 2.75) is 19.8 Å². The zero-order valence-corrected chi connectivity index (χ0v) is 19.0. The molecule has 0 atom stereocenters. The number of aldehydes is 1. The average molecular weight is 455 g/mol. The van der Waals surface area contributed by atoms with Crippen LogP contribution in [0.2, 0.25) is 0 Å². The Labute approximate surface area is 199 Å². The summed E-state index contributed by atoms with van der Waals surface area (Å²) in [5.41, 5.74) is 3.25. The van der Waals surface area contributed by atoms with Gasteiger partial charge in [-0.25, -0.2) is 0 Å². The van der Waals surface area contributed by atoms with Crippen LogP contribution in [-0.4, -0.2) is 13.4 Å². The van der Waals surface area contributed by atoms with E-state index in [-0.39, 0.29) is 13.2 Å². The summed E-state index contributed by atoms with van der Waals surface area (Å²) >= 11 is 0. The summed E-state index contributed by atoms with van der Waals surface area (Å²) < 4.78 is 24.1. The number of rotatable bonds is 11. The first-order valence-corrected chi connectivity index (χ1v) is 11.0. The van der Waals surface area contributed by atoms with Crippen molar-refractivity contribution in [2.24, 2.45) is 0 Å². The number of benzene rings is 4. The van der Waals surface area contributed by atoms with Gasteiger partial charge in [0.15, 0.2) is 17.8 Å². The first kappa shape index (κ1) is 22.9. The van der Waals surface area contributed by atoms with Crippen molar-refractivity contribution in [3.63, 3.8) is 0 Å². The van der Waals surface area contributed by atoms with Gasteiger partial charge in [-0.05, 0) is 22.8 Å². The van der Waals surface area contributed by atoms with Crippen LogP contribution in [-0.2, 0) is 19.8 Å². The van der Waals surface area contributed by atoms with Crippen molar-refractivity contribution in [2.75, 3.05) is 7.11 Å². The molecule has 0 N–H and O–H groups in total. The highest BCUT2D eigenvalue weighted by Crippen LogP contribution is 2.47. The molecule has 0 aliphatic rings. The van der Waals surface area contributed by atoms with E-state index >= 15 is 0 Å². The largest absolute Gasteiger partial charge is 0.493 e. The van der Waals surface area contributed by atoms with Crippen LogP contribution in [0.3, 0.4) is 0 Å². The van der Waals surface area contributed by atoms with Gasteiger partial charge in [0, 0.05) is 0 Å². The number of hydrogen-bond donors (Lipinski definition) is 0. The molecule has 0 bridgehead atoms. The summed E-state index contributed by atoms with van der Waals surface area (Å²) in [5.74, 6) is 1.43. The van der Waals surface area contributed by atoms with E-state index < -0.39 is 0 Å². The van der Waals surface area contributed by atoms with E-state index in [1.165, 1.54) is 7.11 Å². The molecule has 5 nitrogen and oxygen atoms in total. The quantitative estimate of drug-likeness (QED) is 0.251. The first-order chi connectivity index (χ1) is 16.8. The molecule has 0 fully saturated rings. The van der Waals surface area contributed by atoms with Gasteiger partial charge >= 0.3 is 0 Å². The van der Waals surface area contributed by atoms with Gasteiger partial charge in [-0.1, -0.05) is 91.0 Å². The van der Waals surface area contributed by atoms with Gasteiger partial charge in [-0.2, -0.15) is 0 Å². The van der Waals surface area contributed by atoms with Crippen molar-refractivity contribution in [3.8, 4) is 23.0 Å². The molecule has 0 aliphatic carbocycles. The lowest BCUT2D eigenvalue weighted by molar-refractivity contribution is 0.111. The van der Waals surface area contributed by atoms with Crippen LogP contribution in [0.25, 0.3) is 0 Å². The maximum absolute atomic E-state index is 12.0. The standard InChI is InChI=1S/C29H26O5/c1-31-26-17-25(18-30)27(32-19-22-11-5-2-6-12-22)29(34-21-24-15-9-4-10-16-24)28(26)33-20-23-13-7-3-8-14-23/h2-18H,19-21H2,1H3. The van der Waals surface area contributed by atoms with Crippen molar-refractivity contribution in [3.05, 3.63) is 119 Å². The van der Waals surface area contributed by atoms with Gasteiger partial charge < -0.3 is 18.9 Å². The molecular formula is C29H26O5. The lowest BCUT2D eigenvalue weighted by Crippen LogP contribution is -2.07. The summed E-state index contributed by atoms with van der Waals surface area (Å²) in [5, 5.41) is 0. The van der Waals surface area contributed by atoms with E-state index in [1.807, 2.05) is 91.0 Å². The summed E-state index contributed by atoms with van der Waals surface area (Å²) in [6, 6.07) is 30.9. The van der Waals surface area contributed by atoms with Crippen LogP contribution in [0.15, 0.2) is 97.1 Å². The molecule has 0 aromatic heterocycles. The summed E-state index contributed by atoms with van der Waals surface area (Å²) in [4.78, 5) is 12.0. The van der Waals surface area contributed by atoms with Crippen LogP contribution in [0.5, 0.6) is 23.0 Å². The Morgan fingerprint density at radius 1 is 0.588 bits per heavy atom. The second-order valence-electron chi connectivity index (χ2n) is 7.60. The van der Waals surface area contributed by atoms with Crippen LogP contribution in [0.1, 0.15) is 27.0 Å². The third kappa shape index (κ3) is 5.75. The second kappa shape index (κ2) is 11.6. The highest BCUT2D eigenvalue weighted by atomic mass is 16.6. The lowest BCUT2D eigenvalue weighted by atomic mass is 10.1. The summed E-state index contributed by atoms with van der Waals surface area (Å²) in [7, 11) is 1.53. The molecule has 0 saturated heterocycles. The molecule has 0 spiro atoms. The number of carbonyl (C=O) groups is 1. The van der Waals surface area contributed by atoms with Gasteiger partial charge in [0.2, 0.25) is 11.5 Å². The maximum atomic E-state index is 12.0. The monoisotopic (exact) mass is 454 g/mol. The Morgan fingerprint density at radius 3 is 1.41 bits per heavy atom. The predicted molar refractivity (Wildman–Crippen MR) is 131 cm³/mol. The van der Waals surface area contributed by atoms with Gasteiger partial charge in [0.1, 0.15) is 19.8 Å². The maximum Gasteiger partial charge on any atom is 0.208 e. The molecule has 0 heterocycles. The molecule has 0 amide bonds. The third-order valence-electron chi connectivity index (χ3n) is 5.21. The van der Waals surface area contributed by atoms with Crippen molar-refractivity contribution in [1.82, 2.24) is 0 Å². The molecule has 0 radical (unpaired) electrons. The minimum Gasteiger partial charge on any atom is -0.493 e. The van der Waals surface area contributed by atoms with Crippen molar-refractivity contribution in [1.29, 1.82) is 0 Å².